The van der Waals surface area contributed by atoms with Crippen LogP contribution in [-0.4, -0.2) is 34.0 Å². The van der Waals surface area contributed by atoms with Crippen molar-refractivity contribution in [3.63, 3.8) is 0 Å². The first-order valence-corrected chi connectivity index (χ1v) is 12.3. The molecule has 0 saturated heterocycles. The largest absolute Gasteiger partial charge is 0.486 e. The van der Waals surface area contributed by atoms with E-state index in [1.165, 1.54) is 0 Å². The highest BCUT2D eigenvalue weighted by Gasteiger charge is 2.21. The lowest BCUT2D eigenvalue weighted by atomic mass is 9.99. The molecule has 4 aromatic carbocycles. The van der Waals surface area contributed by atoms with Gasteiger partial charge in [0.05, 0.1) is 11.0 Å². The van der Waals surface area contributed by atoms with Crippen molar-refractivity contribution >= 4 is 16.9 Å². The van der Waals surface area contributed by atoms with Gasteiger partial charge in [-0.2, -0.15) is 0 Å². The maximum Gasteiger partial charge on any atom is 0.254 e. The van der Waals surface area contributed by atoms with Crippen LogP contribution in [0.3, 0.4) is 0 Å². The summed E-state index contributed by atoms with van der Waals surface area (Å²) in [6, 6.07) is 29.8. The van der Waals surface area contributed by atoms with E-state index in [4.69, 9.17) is 9.47 Å². The predicted molar refractivity (Wildman–Crippen MR) is 142 cm³/mol. The fourth-order valence-corrected chi connectivity index (χ4v) is 4.65. The lowest BCUT2D eigenvalue weighted by molar-refractivity contribution is 0.0730. The van der Waals surface area contributed by atoms with Crippen LogP contribution in [0.4, 0.5) is 0 Å². The summed E-state index contributed by atoms with van der Waals surface area (Å²) in [7, 11) is 0. The lowest BCUT2D eigenvalue weighted by Crippen LogP contribution is -2.30. The van der Waals surface area contributed by atoms with Gasteiger partial charge in [0, 0.05) is 31.0 Å². The molecule has 0 spiro atoms. The number of carbonyl (C=O) groups excluding carboxylic acids is 1. The zero-order chi connectivity index (χ0) is 25.0. The zero-order valence-corrected chi connectivity index (χ0v) is 20.2. The zero-order valence-electron chi connectivity index (χ0n) is 20.2. The number of rotatable bonds is 6. The first kappa shape index (κ1) is 22.7. The van der Waals surface area contributed by atoms with Gasteiger partial charge in [-0.1, -0.05) is 60.7 Å². The monoisotopic (exact) mass is 487 g/mol. The minimum Gasteiger partial charge on any atom is -0.486 e. The van der Waals surface area contributed by atoms with Crippen LogP contribution in [0, 0.1) is 0 Å². The molecule has 6 rings (SSSR count). The molecule has 0 N–H and O–H groups in total. The number of hydrogen-bond donors (Lipinski definition) is 0. The molecule has 0 saturated carbocycles. The van der Waals surface area contributed by atoms with Crippen LogP contribution in [-0.2, 0) is 13.1 Å². The lowest BCUT2D eigenvalue weighted by Gasteiger charge is -2.26. The normalized spacial score (nSPS) is 12.3. The van der Waals surface area contributed by atoms with Crippen molar-refractivity contribution < 1.29 is 14.3 Å². The van der Waals surface area contributed by atoms with Gasteiger partial charge < -0.3 is 14.4 Å². The maximum absolute atomic E-state index is 14.0. The van der Waals surface area contributed by atoms with Crippen LogP contribution in [0.1, 0.15) is 21.5 Å². The van der Waals surface area contributed by atoms with Crippen molar-refractivity contribution in [1.82, 2.24) is 14.9 Å². The van der Waals surface area contributed by atoms with E-state index in [2.05, 4.69) is 34.2 Å². The van der Waals surface area contributed by atoms with E-state index in [9.17, 15) is 4.79 Å². The maximum atomic E-state index is 14.0. The summed E-state index contributed by atoms with van der Waals surface area (Å²) >= 11 is 0. The molecule has 1 aromatic heterocycles. The van der Waals surface area contributed by atoms with Gasteiger partial charge in [0.25, 0.3) is 5.91 Å². The molecule has 1 aliphatic heterocycles. The summed E-state index contributed by atoms with van der Waals surface area (Å²) in [4.78, 5) is 24.5. The quantitative estimate of drug-likeness (QED) is 0.298. The van der Waals surface area contributed by atoms with Gasteiger partial charge in [-0.25, -0.2) is 0 Å². The van der Waals surface area contributed by atoms with E-state index in [1.807, 2.05) is 71.6 Å². The van der Waals surface area contributed by atoms with Gasteiger partial charge in [0.1, 0.15) is 13.2 Å². The number of amides is 1. The second kappa shape index (κ2) is 10.1. The molecule has 182 valence electrons. The highest BCUT2D eigenvalue weighted by molar-refractivity contribution is 5.97. The third-order valence-corrected chi connectivity index (χ3v) is 6.45. The molecule has 1 aliphatic rings. The summed E-state index contributed by atoms with van der Waals surface area (Å²) in [6.45, 7) is 1.91. The van der Waals surface area contributed by atoms with Crippen LogP contribution in [0.15, 0.2) is 103 Å². The first-order chi connectivity index (χ1) is 18.2. The molecule has 0 unspecified atom stereocenters. The van der Waals surface area contributed by atoms with Crippen molar-refractivity contribution in [2.45, 2.75) is 13.1 Å². The number of fused-ring (bicyclic) bond motifs is 2. The minimum absolute atomic E-state index is 0.0784. The molecular formula is C31H25N3O3. The Bertz CT molecular complexity index is 1570. The van der Waals surface area contributed by atoms with E-state index in [0.29, 0.717) is 43.1 Å². The van der Waals surface area contributed by atoms with E-state index in [1.54, 1.807) is 12.4 Å². The number of carbonyl (C=O) groups is 1. The topological polar surface area (TPSA) is 64.6 Å². The Labute approximate surface area is 215 Å². The summed E-state index contributed by atoms with van der Waals surface area (Å²) in [5.74, 6) is 1.36. The van der Waals surface area contributed by atoms with Gasteiger partial charge in [0.15, 0.2) is 11.5 Å². The van der Waals surface area contributed by atoms with Crippen LogP contribution in [0.5, 0.6) is 11.5 Å². The Hall–Kier alpha value is -4.71. The molecule has 6 heteroatoms. The minimum atomic E-state index is -0.0784. The van der Waals surface area contributed by atoms with Crippen LogP contribution >= 0.6 is 0 Å². The Morgan fingerprint density at radius 2 is 1.49 bits per heavy atom. The fourth-order valence-electron chi connectivity index (χ4n) is 4.65. The summed E-state index contributed by atoms with van der Waals surface area (Å²) in [5.41, 5.74) is 6.28. The smallest absolute Gasteiger partial charge is 0.254 e. The number of benzene rings is 4. The van der Waals surface area contributed by atoms with Crippen LogP contribution < -0.4 is 9.47 Å². The Morgan fingerprint density at radius 3 is 2.35 bits per heavy atom. The van der Waals surface area contributed by atoms with Crippen molar-refractivity contribution in [2.75, 3.05) is 13.2 Å². The SMILES string of the molecule is O=C(c1ccc2nccnc2c1)N(Cc1ccc2c(c1)OCCO2)Cc1ccccc1-c1ccccc1. The van der Waals surface area contributed by atoms with E-state index in [-0.39, 0.29) is 5.91 Å². The Kier molecular flexibility index (Phi) is 6.21. The van der Waals surface area contributed by atoms with Gasteiger partial charge in [-0.3, -0.25) is 14.8 Å². The molecule has 6 nitrogen and oxygen atoms in total. The molecule has 0 aliphatic carbocycles. The highest BCUT2D eigenvalue weighted by atomic mass is 16.6. The summed E-state index contributed by atoms with van der Waals surface area (Å²) in [5, 5.41) is 0. The third-order valence-electron chi connectivity index (χ3n) is 6.45. The molecule has 2 heterocycles. The number of nitrogens with zero attached hydrogens (tertiary/aromatic N) is 3. The van der Waals surface area contributed by atoms with E-state index >= 15 is 0 Å². The van der Waals surface area contributed by atoms with Crippen molar-refractivity contribution in [3.8, 4) is 22.6 Å². The predicted octanol–water partition coefficient (Wildman–Crippen LogP) is 5.91. The molecule has 0 radical (unpaired) electrons. The van der Waals surface area contributed by atoms with E-state index in [0.717, 1.165) is 33.5 Å². The molecule has 0 atom stereocenters. The standard InChI is InChI=1S/C31H25N3O3/c35-31(24-11-12-27-28(19-24)33-15-14-32-27)34(20-22-10-13-29-30(18-22)37-17-16-36-29)21-25-8-4-5-9-26(25)23-6-2-1-3-7-23/h1-15,18-19H,16-17,20-21H2. The molecule has 37 heavy (non-hydrogen) atoms. The van der Waals surface area contributed by atoms with Crippen LogP contribution in [0.2, 0.25) is 0 Å². The van der Waals surface area contributed by atoms with Crippen molar-refractivity contribution in [3.05, 3.63) is 120 Å². The van der Waals surface area contributed by atoms with Crippen molar-refractivity contribution in [2.24, 2.45) is 0 Å². The summed E-state index contributed by atoms with van der Waals surface area (Å²) in [6.07, 6.45) is 3.29. The summed E-state index contributed by atoms with van der Waals surface area (Å²) < 4.78 is 11.5. The highest BCUT2D eigenvalue weighted by Crippen LogP contribution is 2.32. The van der Waals surface area contributed by atoms with Gasteiger partial charge in [-0.05, 0) is 52.6 Å². The molecular weight excluding hydrogens is 462 g/mol. The Balaban J connectivity index is 1.37. The number of hydrogen-bond acceptors (Lipinski definition) is 5. The van der Waals surface area contributed by atoms with Crippen molar-refractivity contribution in [1.29, 1.82) is 0 Å². The van der Waals surface area contributed by atoms with Gasteiger partial charge in [-0.15, -0.1) is 0 Å². The van der Waals surface area contributed by atoms with Gasteiger partial charge >= 0.3 is 0 Å². The third kappa shape index (κ3) is 4.86. The van der Waals surface area contributed by atoms with Crippen LogP contribution in [0.25, 0.3) is 22.2 Å². The second-order valence-electron chi connectivity index (χ2n) is 8.92. The average molecular weight is 488 g/mol. The molecule has 0 fully saturated rings. The number of ether oxygens (including phenoxy) is 2. The molecule has 1 amide bonds. The second-order valence-corrected chi connectivity index (χ2v) is 8.92. The fraction of sp³-hybridized carbons (Fsp3) is 0.129. The van der Waals surface area contributed by atoms with Gasteiger partial charge in [0.2, 0.25) is 0 Å². The first-order valence-electron chi connectivity index (χ1n) is 12.3. The number of aromatic nitrogens is 2. The molecule has 5 aromatic rings. The Morgan fingerprint density at radius 1 is 0.730 bits per heavy atom. The average Bonchev–Trinajstić information content (AvgIpc) is 2.97. The molecule has 0 bridgehead atoms. The van der Waals surface area contributed by atoms with E-state index < -0.39 is 0 Å².